The largest absolute Gasteiger partial charge is 0.480 e. The Morgan fingerprint density at radius 2 is 2.54 bits per heavy atom. The maximum absolute atomic E-state index is 10.3. The first-order valence-electron chi connectivity index (χ1n) is 4.05. The summed E-state index contributed by atoms with van der Waals surface area (Å²) in [4.78, 5) is 13.2. The van der Waals surface area contributed by atoms with Gasteiger partial charge in [0.1, 0.15) is 6.04 Å². The number of nitrogens with one attached hydrogen (secondary N) is 2. The molecule has 0 saturated carbocycles. The molecule has 1 aromatic heterocycles. The number of carboxylic acid groups (broad SMARTS) is 1. The zero-order chi connectivity index (χ0) is 9.68. The van der Waals surface area contributed by atoms with Crippen molar-refractivity contribution in [3.05, 3.63) is 18.5 Å². The Balaban J connectivity index is 2.18. The number of anilines is 1. The molecule has 0 radical (unpaired) electrons. The zero-order valence-electron chi connectivity index (χ0n) is 7.16. The lowest BCUT2D eigenvalue weighted by molar-refractivity contribution is -0.138. The first-order chi connectivity index (χ1) is 6.20. The van der Waals surface area contributed by atoms with Gasteiger partial charge in [0.05, 0.1) is 5.69 Å². The van der Waals surface area contributed by atoms with E-state index in [0.717, 1.165) is 5.69 Å². The number of aliphatic carboxylic acids is 1. The molecule has 0 spiro atoms. The fraction of sp³-hybridized carbons (Fsp3) is 0.375. The number of nitrogens with two attached hydrogens (primary N) is 1. The minimum atomic E-state index is -0.962. The van der Waals surface area contributed by atoms with E-state index in [2.05, 4.69) is 10.3 Å². The molecule has 5 nitrogen and oxygen atoms in total. The van der Waals surface area contributed by atoms with Gasteiger partial charge >= 0.3 is 5.97 Å². The molecule has 1 heterocycles. The number of carbonyl (C=O) groups is 1. The summed E-state index contributed by atoms with van der Waals surface area (Å²) in [5.74, 6) is -0.962. The smallest absolute Gasteiger partial charge is 0.320 e. The standard InChI is InChI=1S/C8H13N3O2/c9-7(8(12)13)2-4-11-6-1-3-10-5-6/h1,3,5,7,10-11H,2,4,9H2,(H,12,13). The number of hydrogen-bond acceptors (Lipinski definition) is 3. The average Bonchev–Trinajstić information content (AvgIpc) is 2.56. The van der Waals surface area contributed by atoms with Crippen LogP contribution in [-0.4, -0.2) is 28.6 Å². The van der Waals surface area contributed by atoms with Crippen LogP contribution in [0.1, 0.15) is 6.42 Å². The molecule has 5 heteroatoms. The van der Waals surface area contributed by atoms with Crippen LogP contribution in [-0.2, 0) is 4.79 Å². The molecule has 0 aliphatic heterocycles. The highest BCUT2D eigenvalue weighted by Crippen LogP contribution is 2.03. The van der Waals surface area contributed by atoms with Crippen LogP contribution in [0.3, 0.4) is 0 Å². The van der Waals surface area contributed by atoms with E-state index in [9.17, 15) is 4.79 Å². The van der Waals surface area contributed by atoms with Gasteiger partial charge in [0.25, 0.3) is 0 Å². The molecule has 0 aromatic carbocycles. The van der Waals surface area contributed by atoms with Gasteiger partial charge in [0, 0.05) is 18.9 Å². The summed E-state index contributed by atoms with van der Waals surface area (Å²) in [7, 11) is 0. The fourth-order valence-electron chi connectivity index (χ4n) is 0.929. The molecule has 1 unspecified atom stereocenters. The first kappa shape index (κ1) is 9.60. The van der Waals surface area contributed by atoms with Crippen molar-refractivity contribution in [2.75, 3.05) is 11.9 Å². The van der Waals surface area contributed by atoms with Gasteiger partial charge in [0.15, 0.2) is 0 Å². The average molecular weight is 183 g/mol. The van der Waals surface area contributed by atoms with Crippen molar-refractivity contribution in [2.24, 2.45) is 5.73 Å². The second-order valence-electron chi connectivity index (χ2n) is 2.76. The van der Waals surface area contributed by atoms with E-state index in [-0.39, 0.29) is 0 Å². The molecule has 5 N–H and O–H groups in total. The summed E-state index contributed by atoms with van der Waals surface area (Å²) in [6.07, 6.45) is 4.01. The summed E-state index contributed by atoms with van der Waals surface area (Å²) < 4.78 is 0. The van der Waals surface area contributed by atoms with E-state index >= 15 is 0 Å². The summed E-state index contributed by atoms with van der Waals surface area (Å²) in [5, 5.41) is 11.5. The molecule has 1 aromatic rings. The molecular formula is C8H13N3O2. The Hall–Kier alpha value is -1.49. The van der Waals surface area contributed by atoms with Gasteiger partial charge in [-0.05, 0) is 12.5 Å². The molecule has 0 aliphatic rings. The van der Waals surface area contributed by atoms with Crippen LogP contribution < -0.4 is 11.1 Å². The Labute approximate surface area is 75.9 Å². The van der Waals surface area contributed by atoms with Crippen molar-refractivity contribution in [1.29, 1.82) is 0 Å². The highest BCUT2D eigenvalue weighted by atomic mass is 16.4. The molecule has 1 rings (SSSR count). The predicted molar refractivity (Wildman–Crippen MR) is 49.5 cm³/mol. The highest BCUT2D eigenvalue weighted by Gasteiger charge is 2.09. The normalized spacial score (nSPS) is 12.4. The van der Waals surface area contributed by atoms with E-state index in [0.29, 0.717) is 13.0 Å². The second kappa shape index (κ2) is 4.51. The maximum Gasteiger partial charge on any atom is 0.320 e. The van der Waals surface area contributed by atoms with Crippen LogP contribution in [0, 0.1) is 0 Å². The molecule has 72 valence electrons. The van der Waals surface area contributed by atoms with E-state index in [1.165, 1.54) is 0 Å². The second-order valence-corrected chi connectivity index (χ2v) is 2.76. The fourth-order valence-corrected chi connectivity index (χ4v) is 0.929. The molecule has 0 saturated heterocycles. The monoisotopic (exact) mass is 183 g/mol. The van der Waals surface area contributed by atoms with E-state index < -0.39 is 12.0 Å². The van der Waals surface area contributed by atoms with Crippen LogP contribution in [0.25, 0.3) is 0 Å². The summed E-state index contributed by atoms with van der Waals surface area (Å²) in [5.41, 5.74) is 6.25. The van der Waals surface area contributed by atoms with Crippen LogP contribution in [0.15, 0.2) is 18.5 Å². The number of hydrogen-bond donors (Lipinski definition) is 4. The van der Waals surface area contributed by atoms with E-state index in [4.69, 9.17) is 10.8 Å². The third kappa shape index (κ3) is 3.16. The Bertz CT molecular complexity index is 258. The summed E-state index contributed by atoms with van der Waals surface area (Å²) in [6.45, 7) is 0.561. The van der Waals surface area contributed by atoms with Crippen molar-refractivity contribution in [2.45, 2.75) is 12.5 Å². The first-order valence-corrected chi connectivity index (χ1v) is 4.05. The van der Waals surface area contributed by atoms with Gasteiger partial charge in [-0.25, -0.2) is 0 Å². The van der Waals surface area contributed by atoms with E-state index in [1.54, 1.807) is 12.4 Å². The Kier molecular flexibility index (Phi) is 3.33. The Morgan fingerprint density at radius 3 is 3.08 bits per heavy atom. The van der Waals surface area contributed by atoms with Crippen molar-refractivity contribution >= 4 is 11.7 Å². The third-order valence-corrected chi connectivity index (χ3v) is 1.70. The predicted octanol–water partition coefficient (Wildman–Crippen LogP) is 0.229. The van der Waals surface area contributed by atoms with Crippen molar-refractivity contribution < 1.29 is 9.90 Å². The molecule has 0 fully saturated rings. The number of rotatable bonds is 5. The number of H-pyrrole nitrogens is 1. The van der Waals surface area contributed by atoms with E-state index in [1.807, 2.05) is 6.07 Å². The summed E-state index contributed by atoms with van der Waals surface area (Å²) >= 11 is 0. The van der Waals surface area contributed by atoms with Gasteiger partial charge < -0.3 is 21.1 Å². The van der Waals surface area contributed by atoms with Crippen LogP contribution in [0.2, 0.25) is 0 Å². The summed E-state index contributed by atoms with van der Waals surface area (Å²) in [6, 6.07) is 1.08. The van der Waals surface area contributed by atoms with Crippen molar-refractivity contribution in [3.8, 4) is 0 Å². The molecule has 0 aliphatic carbocycles. The number of carboxylic acids is 1. The van der Waals surface area contributed by atoms with Crippen LogP contribution >= 0.6 is 0 Å². The van der Waals surface area contributed by atoms with Crippen molar-refractivity contribution in [1.82, 2.24) is 4.98 Å². The molecule has 1 atom stereocenters. The minimum absolute atomic E-state index is 0.417. The van der Waals surface area contributed by atoms with Gasteiger partial charge in [0.2, 0.25) is 0 Å². The van der Waals surface area contributed by atoms with Gasteiger partial charge in [-0.15, -0.1) is 0 Å². The SMILES string of the molecule is NC(CCNc1cc[nH]c1)C(=O)O. The lowest BCUT2D eigenvalue weighted by Gasteiger charge is -2.06. The molecule has 13 heavy (non-hydrogen) atoms. The van der Waals surface area contributed by atoms with Crippen LogP contribution in [0.5, 0.6) is 0 Å². The van der Waals surface area contributed by atoms with Gasteiger partial charge in [-0.1, -0.05) is 0 Å². The zero-order valence-corrected chi connectivity index (χ0v) is 7.16. The quantitative estimate of drug-likeness (QED) is 0.526. The topological polar surface area (TPSA) is 91.1 Å². The van der Waals surface area contributed by atoms with Gasteiger partial charge in [-0.2, -0.15) is 0 Å². The maximum atomic E-state index is 10.3. The third-order valence-electron chi connectivity index (χ3n) is 1.70. The lowest BCUT2D eigenvalue weighted by Crippen LogP contribution is -2.32. The number of aromatic amines is 1. The molecule has 0 bridgehead atoms. The van der Waals surface area contributed by atoms with Crippen LogP contribution in [0.4, 0.5) is 5.69 Å². The highest BCUT2D eigenvalue weighted by molar-refractivity contribution is 5.73. The Morgan fingerprint density at radius 1 is 1.77 bits per heavy atom. The minimum Gasteiger partial charge on any atom is -0.480 e. The number of aromatic nitrogens is 1. The molecular weight excluding hydrogens is 170 g/mol. The molecule has 0 amide bonds. The van der Waals surface area contributed by atoms with Crippen molar-refractivity contribution in [3.63, 3.8) is 0 Å². The lowest BCUT2D eigenvalue weighted by atomic mass is 10.2. The van der Waals surface area contributed by atoms with Gasteiger partial charge in [-0.3, -0.25) is 4.79 Å².